The number of carbonyl (C=O) groups is 2. The topological polar surface area (TPSA) is 61.8 Å². The predicted molar refractivity (Wildman–Crippen MR) is 279 cm³/mol. The van der Waals surface area contributed by atoms with Gasteiger partial charge in [0.25, 0.3) is 0 Å². The summed E-state index contributed by atoms with van der Waals surface area (Å²) in [7, 11) is 0. The highest BCUT2D eigenvalue weighted by Crippen LogP contribution is 2.13. The van der Waals surface area contributed by atoms with Crippen molar-refractivity contribution in [2.45, 2.75) is 232 Å². The third-order valence-electron chi connectivity index (χ3n) is 10.8. The summed E-state index contributed by atoms with van der Waals surface area (Å²) in [5.41, 5.74) is 0. The molecule has 0 amide bonds. The Morgan fingerprint density at radius 3 is 1.12 bits per heavy atom. The van der Waals surface area contributed by atoms with Gasteiger partial charge in [-0.25, -0.2) is 0 Å². The Balaban J connectivity index is 4.39. The van der Waals surface area contributed by atoms with E-state index in [1.165, 1.54) is 64.2 Å². The lowest BCUT2D eigenvalue weighted by atomic mass is 10.1. The van der Waals surface area contributed by atoms with E-state index in [9.17, 15) is 9.59 Å². The van der Waals surface area contributed by atoms with Gasteiger partial charge in [0, 0.05) is 19.4 Å². The summed E-state index contributed by atoms with van der Waals surface area (Å²) in [6.07, 6.45) is 73.8. The van der Waals surface area contributed by atoms with E-state index in [4.69, 9.17) is 14.2 Å². The van der Waals surface area contributed by atoms with Crippen molar-refractivity contribution in [3.63, 3.8) is 0 Å². The van der Waals surface area contributed by atoms with Gasteiger partial charge in [-0.3, -0.25) is 9.59 Å². The minimum absolute atomic E-state index is 0.0552. The number of hydrogen-bond donors (Lipinski definition) is 0. The van der Waals surface area contributed by atoms with Gasteiger partial charge in [-0.1, -0.05) is 201 Å². The first-order valence-electron chi connectivity index (χ1n) is 26.4. The molecule has 0 aromatic carbocycles. The highest BCUT2D eigenvalue weighted by atomic mass is 16.6. The number of allylic oxidation sites excluding steroid dienone is 18. The Labute approximate surface area is 395 Å². The lowest BCUT2D eigenvalue weighted by Crippen LogP contribution is -2.30. The first-order chi connectivity index (χ1) is 31.6. The molecule has 364 valence electrons. The van der Waals surface area contributed by atoms with Crippen molar-refractivity contribution < 1.29 is 23.8 Å². The van der Waals surface area contributed by atoms with Crippen molar-refractivity contribution in [1.29, 1.82) is 0 Å². The molecule has 0 saturated heterocycles. The molecular weight excluding hydrogens is 789 g/mol. The van der Waals surface area contributed by atoms with Crippen molar-refractivity contribution in [2.75, 3.05) is 19.8 Å². The number of esters is 2. The summed E-state index contributed by atoms with van der Waals surface area (Å²) < 4.78 is 17.4. The van der Waals surface area contributed by atoms with Gasteiger partial charge >= 0.3 is 11.9 Å². The number of unbranched alkanes of at least 4 members (excludes halogenated alkanes) is 18. The van der Waals surface area contributed by atoms with Crippen molar-refractivity contribution in [1.82, 2.24) is 0 Å². The number of ether oxygens (including phenoxy) is 3. The Morgan fingerprint density at radius 1 is 0.359 bits per heavy atom. The highest BCUT2D eigenvalue weighted by Gasteiger charge is 2.17. The van der Waals surface area contributed by atoms with Crippen LogP contribution in [0.4, 0.5) is 0 Å². The lowest BCUT2D eigenvalue weighted by Gasteiger charge is -2.18. The standard InChI is InChI=1S/C59H98O5/c1-4-7-10-13-16-19-22-25-28-30-32-34-37-40-43-46-49-52-58(60)63-56-57(55-62-54-51-48-45-42-39-36-33-29-26-23-20-17-14-11-8-5-2)64-59(61)53-50-47-44-41-38-35-31-27-24-21-18-15-12-9-6-3/h7-8,10-11,16-21,25-29,31,36,39,57H,4-6,9,12-15,22-24,30,32-35,37-38,40-56H2,1-3H3/b10-7-,11-8-,19-16-,20-17-,21-18-,28-25-,29-26-,31-27-,39-36-. The number of carbonyl (C=O) groups excluding carboxylic acids is 2. The van der Waals surface area contributed by atoms with E-state index in [1.54, 1.807) is 0 Å². The molecule has 0 bridgehead atoms. The fourth-order valence-electron chi connectivity index (χ4n) is 6.90. The fourth-order valence-corrected chi connectivity index (χ4v) is 6.90. The zero-order chi connectivity index (χ0) is 46.3. The zero-order valence-electron chi connectivity index (χ0n) is 41.8. The highest BCUT2D eigenvalue weighted by molar-refractivity contribution is 5.70. The number of hydrogen-bond acceptors (Lipinski definition) is 5. The van der Waals surface area contributed by atoms with Gasteiger partial charge < -0.3 is 14.2 Å². The SMILES string of the molecule is CC/C=C\C/C=C\C/C=C\C/C=C\CCCCCOCC(COC(=O)CCCCCCCCC/C=C\C/C=C\C/C=C\CC)OC(=O)CCCCCCC/C=C\C/C=C\CCCCC. The van der Waals surface area contributed by atoms with Gasteiger partial charge in [0.1, 0.15) is 6.61 Å². The van der Waals surface area contributed by atoms with Gasteiger partial charge in [-0.2, -0.15) is 0 Å². The normalized spacial score (nSPS) is 13.1. The molecule has 0 saturated carbocycles. The molecule has 0 radical (unpaired) electrons. The molecule has 0 aliphatic carbocycles. The molecule has 1 unspecified atom stereocenters. The zero-order valence-corrected chi connectivity index (χ0v) is 41.8. The molecule has 0 rings (SSSR count). The van der Waals surface area contributed by atoms with Crippen molar-refractivity contribution in [2.24, 2.45) is 0 Å². The monoisotopic (exact) mass is 887 g/mol. The molecule has 5 heteroatoms. The summed E-state index contributed by atoms with van der Waals surface area (Å²) in [4.78, 5) is 25.4. The fraction of sp³-hybridized carbons (Fsp3) is 0.661. The Kier molecular flexibility index (Phi) is 51.0. The van der Waals surface area contributed by atoms with Crippen LogP contribution in [0.1, 0.15) is 226 Å². The molecule has 0 spiro atoms. The van der Waals surface area contributed by atoms with E-state index in [0.29, 0.717) is 19.4 Å². The molecule has 0 aliphatic heterocycles. The lowest BCUT2D eigenvalue weighted by molar-refractivity contribution is -0.163. The van der Waals surface area contributed by atoms with E-state index < -0.39 is 6.10 Å². The third kappa shape index (κ3) is 51.2. The Morgan fingerprint density at radius 2 is 0.703 bits per heavy atom. The first kappa shape index (κ1) is 60.6. The second-order valence-electron chi connectivity index (χ2n) is 17.0. The van der Waals surface area contributed by atoms with E-state index in [2.05, 4.69) is 130 Å². The van der Waals surface area contributed by atoms with Gasteiger partial charge in [-0.05, 0) is 122 Å². The Hall–Kier alpha value is -3.44. The predicted octanol–water partition coefficient (Wildman–Crippen LogP) is 18.0. The van der Waals surface area contributed by atoms with E-state index >= 15 is 0 Å². The average molecular weight is 887 g/mol. The summed E-state index contributed by atoms with van der Waals surface area (Å²) in [6.45, 7) is 7.48. The molecule has 1 atom stereocenters. The molecular formula is C59H98O5. The van der Waals surface area contributed by atoms with Crippen LogP contribution in [0.5, 0.6) is 0 Å². The first-order valence-corrected chi connectivity index (χ1v) is 26.4. The molecule has 0 aromatic heterocycles. The van der Waals surface area contributed by atoms with Crippen LogP contribution < -0.4 is 0 Å². The minimum atomic E-state index is -0.571. The van der Waals surface area contributed by atoms with Crippen LogP contribution in [0.15, 0.2) is 109 Å². The van der Waals surface area contributed by atoms with Crippen LogP contribution in [-0.4, -0.2) is 37.9 Å². The molecule has 0 aromatic rings. The summed E-state index contributed by atoms with van der Waals surface area (Å²) in [5.74, 6) is -0.447. The molecule has 64 heavy (non-hydrogen) atoms. The molecule has 0 aliphatic rings. The molecule has 5 nitrogen and oxygen atoms in total. The van der Waals surface area contributed by atoms with Crippen LogP contribution in [-0.2, 0) is 23.8 Å². The summed E-state index contributed by atoms with van der Waals surface area (Å²) >= 11 is 0. The number of rotatable bonds is 47. The van der Waals surface area contributed by atoms with Gasteiger partial charge in [0.2, 0.25) is 0 Å². The van der Waals surface area contributed by atoms with Crippen LogP contribution >= 0.6 is 0 Å². The third-order valence-corrected chi connectivity index (χ3v) is 10.8. The summed E-state index contributed by atoms with van der Waals surface area (Å²) in [6, 6.07) is 0. The van der Waals surface area contributed by atoms with Crippen LogP contribution in [0.3, 0.4) is 0 Å². The van der Waals surface area contributed by atoms with Crippen molar-refractivity contribution in [3.8, 4) is 0 Å². The van der Waals surface area contributed by atoms with Crippen LogP contribution in [0, 0.1) is 0 Å². The van der Waals surface area contributed by atoms with Crippen molar-refractivity contribution >= 4 is 11.9 Å². The van der Waals surface area contributed by atoms with E-state index in [1.807, 2.05) is 0 Å². The van der Waals surface area contributed by atoms with Crippen molar-refractivity contribution in [3.05, 3.63) is 109 Å². The van der Waals surface area contributed by atoms with Crippen LogP contribution in [0.25, 0.3) is 0 Å². The van der Waals surface area contributed by atoms with Gasteiger partial charge in [0.05, 0.1) is 6.61 Å². The van der Waals surface area contributed by atoms with E-state index in [0.717, 1.165) is 128 Å². The minimum Gasteiger partial charge on any atom is -0.462 e. The second kappa shape index (κ2) is 53.9. The van der Waals surface area contributed by atoms with Gasteiger partial charge in [-0.15, -0.1) is 0 Å². The quantitative estimate of drug-likeness (QED) is 0.0346. The largest absolute Gasteiger partial charge is 0.462 e. The van der Waals surface area contributed by atoms with E-state index in [-0.39, 0.29) is 25.2 Å². The maximum absolute atomic E-state index is 12.8. The molecule has 0 heterocycles. The second-order valence-corrected chi connectivity index (χ2v) is 17.0. The molecule has 0 fully saturated rings. The molecule has 0 N–H and O–H groups in total. The van der Waals surface area contributed by atoms with Gasteiger partial charge in [0.15, 0.2) is 6.10 Å². The maximum Gasteiger partial charge on any atom is 0.306 e. The average Bonchev–Trinajstić information content (AvgIpc) is 3.30. The smallest absolute Gasteiger partial charge is 0.306 e. The maximum atomic E-state index is 12.8. The summed E-state index contributed by atoms with van der Waals surface area (Å²) in [5, 5.41) is 0. The van der Waals surface area contributed by atoms with Crippen LogP contribution in [0.2, 0.25) is 0 Å². The Bertz CT molecular complexity index is 1280.